The summed E-state index contributed by atoms with van der Waals surface area (Å²) >= 11 is 0. The van der Waals surface area contributed by atoms with Crippen LogP contribution < -0.4 is 14.8 Å². The molecule has 2 rings (SSSR count). The van der Waals surface area contributed by atoms with Crippen LogP contribution in [0.25, 0.3) is 0 Å². The van der Waals surface area contributed by atoms with Gasteiger partial charge in [-0.1, -0.05) is 12.1 Å². The van der Waals surface area contributed by atoms with Crippen LogP contribution >= 0.6 is 0 Å². The van der Waals surface area contributed by atoms with Gasteiger partial charge in [0.2, 0.25) is 15.9 Å². The molecule has 1 N–H and O–H groups in total. The van der Waals surface area contributed by atoms with Crippen molar-refractivity contribution in [2.24, 2.45) is 0 Å². The summed E-state index contributed by atoms with van der Waals surface area (Å²) in [7, 11) is -2.51. The van der Waals surface area contributed by atoms with E-state index in [9.17, 15) is 13.2 Å². The van der Waals surface area contributed by atoms with Gasteiger partial charge < -0.3 is 14.8 Å². The maximum Gasteiger partial charge on any atom is 0.243 e. The number of ether oxygens (including phenoxy) is 2. The summed E-state index contributed by atoms with van der Waals surface area (Å²) in [5.41, 5.74) is 2.58. The van der Waals surface area contributed by atoms with Gasteiger partial charge in [0.1, 0.15) is 0 Å². The molecule has 0 aliphatic carbocycles. The van der Waals surface area contributed by atoms with Crippen LogP contribution in [-0.2, 0) is 14.8 Å². The number of sulfonamides is 1. The number of anilines is 1. The van der Waals surface area contributed by atoms with Crippen molar-refractivity contribution in [1.29, 1.82) is 0 Å². The predicted molar refractivity (Wildman–Crippen MR) is 113 cm³/mol. The summed E-state index contributed by atoms with van der Waals surface area (Å²) in [4.78, 5) is 12.4. The monoisotopic (exact) mass is 420 g/mol. The summed E-state index contributed by atoms with van der Waals surface area (Å²) in [6.45, 7) is 7.94. The summed E-state index contributed by atoms with van der Waals surface area (Å²) in [6, 6.07) is 10.1. The zero-order chi connectivity index (χ0) is 21.6. The number of hydrogen-bond acceptors (Lipinski definition) is 5. The maximum atomic E-state index is 12.9. The van der Waals surface area contributed by atoms with Crippen molar-refractivity contribution in [2.45, 2.75) is 32.6 Å². The van der Waals surface area contributed by atoms with Crippen LogP contribution in [0.4, 0.5) is 5.69 Å². The molecule has 0 aromatic heterocycles. The summed E-state index contributed by atoms with van der Waals surface area (Å²) in [6.07, 6.45) is 0. The standard InChI is InChI=1S/C21H28N2O5S/c1-6-27-19-11-10-17(13-20(19)28-7-2)29(25,26)23(5)14-21(24)22-18-12-15(3)8-9-16(18)4/h8-13H,6-7,14H2,1-5H3,(H,22,24). The third-order valence-corrected chi connectivity index (χ3v) is 6.06. The van der Waals surface area contributed by atoms with Crippen molar-refractivity contribution in [3.05, 3.63) is 47.5 Å². The van der Waals surface area contributed by atoms with E-state index in [1.807, 2.05) is 39.0 Å². The lowest BCUT2D eigenvalue weighted by atomic mass is 10.1. The molecule has 29 heavy (non-hydrogen) atoms. The van der Waals surface area contributed by atoms with E-state index in [0.29, 0.717) is 30.4 Å². The van der Waals surface area contributed by atoms with Gasteiger partial charge in [-0.05, 0) is 57.0 Å². The molecule has 0 atom stereocenters. The molecule has 0 aliphatic rings. The molecule has 158 valence electrons. The van der Waals surface area contributed by atoms with Gasteiger partial charge in [0, 0.05) is 18.8 Å². The zero-order valence-electron chi connectivity index (χ0n) is 17.5. The molecule has 0 unspecified atom stereocenters. The molecule has 0 heterocycles. The number of carbonyl (C=O) groups is 1. The largest absolute Gasteiger partial charge is 0.490 e. The molecule has 1 amide bonds. The lowest BCUT2D eigenvalue weighted by molar-refractivity contribution is -0.116. The maximum absolute atomic E-state index is 12.9. The zero-order valence-corrected chi connectivity index (χ0v) is 18.3. The fraction of sp³-hybridized carbons (Fsp3) is 0.381. The van der Waals surface area contributed by atoms with Crippen LogP contribution in [0.3, 0.4) is 0 Å². The highest BCUT2D eigenvalue weighted by molar-refractivity contribution is 7.89. The number of nitrogens with zero attached hydrogens (tertiary/aromatic N) is 1. The van der Waals surface area contributed by atoms with E-state index in [0.717, 1.165) is 15.4 Å². The first-order valence-corrected chi connectivity index (χ1v) is 10.9. The Balaban J connectivity index is 2.18. The summed E-state index contributed by atoms with van der Waals surface area (Å²) in [5, 5.41) is 2.77. The average molecular weight is 421 g/mol. The Kier molecular flexibility index (Phi) is 7.64. The highest BCUT2D eigenvalue weighted by Gasteiger charge is 2.25. The molecular weight excluding hydrogens is 392 g/mol. The van der Waals surface area contributed by atoms with Gasteiger partial charge in [0.05, 0.1) is 24.7 Å². The Morgan fingerprint density at radius 2 is 1.66 bits per heavy atom. The van der Waals surface area contributed by atoms with E-state index in [2.05, 4.69) is 5.32 Å². The Morgan fingerprint density at radius 1 is 1.00 bits per heavy atom. The van der Waals surface area contributed by atoms with Crippen molar-refractivity contribution in [3.63, 3.8) is 0 Å². The Bertz CT molecular complexity index is 973. The smallest absolute Gasteiger partial charge is 0.243 e. The molecule has 2 aromatic carbocycles. The van der Waals surface area contributed by atoms with Gasteiger partial charge >= 0.3 is 0 Å². The Morgan fingerprint density at radius 3 is 2.31 bits per heavy atom. The molecule has 8 heteroatoms. The number of benzene rings is 2. The number of likely N-dealkylation sites (N-methyl/N-ethyl adjacent to an activating group) is 1. The van der Waals surface area contributed by atoms with Crippen molar-refractivity contribution < 1.29 is 22.7 Å². The van der Waals surface area contributed by atoms with Crippen molar-refractivity contribution >= 4 is 21.6 Å². The number of amides is 1. The first kappa shape index (κ1) is 22.7. The van der Waals surface area contributed by atoms with Crippen LogP contribution in [0.1, 0.15) is 25.0 Å². The summed E-state index contributed by atoms with van der Waals surface area (Å²) < 4.78 is 37.8. The SMILES string of the molecule is CCOc1ccc(S(=O)(=O)N(C)CC(=O)Nc2cc(C)ccc2C)cc1OCC. The van der Waals surface area contributed by atoms with Crippen LogP contribution in [0, 0.1) is 13.8 Å². The lowest BCUT2D eigenvalue weighted by Crippen LogP contribution is -2.35. The van der Waals surface area contributed by atoms with Crippen molar-refractivity contribution in [3.8, 4) is 11.5 Å². The number of rotatable bonds is 9. The Hall–Kier alpha value is -2.58. The third-order valence-electron chi connectivity index (χ3n) is 4.26. The van der Waals surface area contributed by atoms with Gasteiger partial charge in [-0.25, -0.2) is 8.42 Å². The van der Waals surface area contributed by atoms with Crippen LogP contribution in [0.2, 0.25) is 0 Å². The summed E-state index contributed by atoms with van der Waals surface area (Å²) in [5.74, 6) is 0.410. The molecule has 0 aliphatic heterocycles. The minimum atomic E-state index is -3.88. The number of hydrogen-bond donors (Lipinski definition) is 1. The van der Waals surface area contributed by atoms with E-state index >= 15 is 0 Å². The third kappa shape index (κ3) is 5.71. The fourth-order valence-corrected chi connectivity index (χ4v) is 3.86. The van der Waals surface area contributed by atoms with Gasteiger partial charge in [-0.15, -0.1) is 0 Å². The van der Waals surface area contributed by atoms with Crippen LogP contribution in [-0.4, -0.2) is 45.4 Å². The second kappa shape index (κ2) is 9.76. The van der Waals surface area contributed by atoms with E-state index in [1.165, 1.54) is 19.2 Å². The molecule has 0 radical (unpaired) electrons. The second-order valence-corrected chi connectivity index (χ2v) is 8.65. The van der Waals surface area contributed by atoms with Gasteiger partial charge in [0.25, 0.3) is 0 Å². The molecule has 0 spiro atoms. The average Bonchev–Trinajstić information content (AvgIpc) is 2.66. The predicted octanol–water partition coefficient (Wildman–Crippen LogP) is 3.36. The van der Waals surface area contributed by atoms with Gasteiger partial charge in [-0.3, -0.25) is 4.79 Å². The topological polar surface area (TPSA) is 84.9 Å². The van der Waals surface area contributed by atoms with Gasteiger partial charge in [0.15, 0.2) is 11.5 Å². The van der Waals surface area contributed by atoms with Crippen molar-refractivity contribution in [1.82, 2.24) is 4.31 Å². The normalized spacial score (nSPS) is 11.4. The van der Waals surface area contributed by atoms with E-state index in [-0.39, 0.29) is 11.4 Å². The highest BCUT2D eigenvalue weighted by Crippen LogP contribution is 2.31. The second-order valence-electron chi connectivity index (χ2n) is 6.60. The van der Waals surface area contributed by atoms with E-state index in [1.54, 1.807) is 13.0 Å². The highest BCUT2D eigenvalue weighted by atomic mass is 32.2. The Labute approximate surface area is 172 Å². The van der Waals surface area contributed by atoms with E-state index in [4.69, 9.17) is 9.47 Å². The quantitative estimate of drug-likeness (QED) is 0.672. The minimum Gasteiger partial charge on any atom is -0.490 e. The molecule has 7 nitrogen and oxygen atoms in total. The molecular formula is C21H28N2O5S. The number of aryl methyl sites for hydroxylation is 2. The van der Waals surface area contributed by atoms with Gasteiger partial charge in [-0.2, -0.15) is 4.31 Å². The number of nitrogens with one attached hydrogen (secondary N) is 1. The van der Waals surface area contributed by atoms with Crippen LogP contribution in [0.15, 0.2) is 41.3 Å². The molecule has 0 saturated carbocycles. The molecule has 2 aromatic rings. The van der Waals surface area contributed by atoms with Crippen molar-refractivity contribution in [2.75, 3.05) is 32.1 Å². The molecule has 0 bridgehead atoms. The lowest BCUT2D eigenvalue weighted by Gasteiger charge is -2.19. The molecule has 0 saturated heterocycles. The fourth-order valence-electron chi connectivity index (χ4n) is 2.72. The van der Waals surface area contributed by atoms with Crippen LogP contribution in [0.5, 0.6) is 11.5 Å². The molecule has 0 fully saturated rings. The number of carbonyl (C=O) groups excluding carboxylic acids is 1. The minimum absolute atomic E-state index is 0.0337. The van der Waals surface area contributed by atoms with E-state index < -0.39 is 15.9 Å². The first-order valence-electron chi connectivity index (χ1n) is 9.42. The first-order chi connectivity index (χ1) is 13.7.